The van der Waals surface area contributed by atoms with E-state index in [1.54, 1.807) is 0 Å². The molecular weight excluding hydrogens is 294 g/mol. The first-order valence-corrected chi connectivity index (χ1v) is 7.85. The van der Waals surface area contributed by atoms with Gasteiger partial charge in [0, 0.05) is 32.7 Å². The van der Waals surface area contributed by atoms with E-state index in [1.807, 2.05) is 42.5 Å². The third kappa shape index (κ3) is 3.24. The molecule has 3 rings (SSSR count). The predicted molar refractivity (Wildman–Crippen MR) is 90.1 cm³/mol. The molecule has 4 heteroatoms. The summed E-state index contributed by atoms with van der Waals surface area (Å²) in [5, 5.41) is 9.99. The molecule has 1 heterocycles. The highest BCUT2D eigenvalue weighted by Crippen LogP contribution is 2.26. The van der Waals surface area contributed by atoms with Gasteiger partial charge in [-0.2, -0.15) is 5.26 Å². The summed E-state index contributed by atoms with van der Waals surface area (Å²) >= 11 is 6.27. The van der Waals surface area contributed by atoms with Crippen molar-refractivity contribution in [3.8, 4) is 6.07 Å². The number of nitriles is 1. The Morgan fingerprint density at radius 1 is 0.955 bits per heavy atom. The average Bonchev–Trinajstić information content (AvgIpc) is 2.57. The molecule has 0 unspecified atom stereocenters. The normalized spacial score (nSPS) is 15.5. The lowest BCUT2D eigenvalue weighted by atomic mass is 10.1. The van der Waals surface area contributed by atoms with Crippen molar-refractivity contribution in [1.29, 1.82) is 5.26 Å². The molecule has 1 fully saturated rings. The molecular formula is C18H18ClN3. The minimum Gasteiger partial charge on any atom is -0.368 e. The van der Waals surface area contributed by atoms with Crippen molar-refractivity contribution >= 4 is 17.3 Å². The van der Waals surface area contributed by atoms with Gasteiger partial charge in [0.25, 0.3) is 0 Å². The second-order valence-electron chi connectivity index (χ2n) is 5.48. The highest BCUT2D eigenvalue weighted by atomic mass is 35.5. The van der Waals surface area contributed by atoms with Crippen molar-refractivity contribution in [3.63, 3.8) is 0 Å². The van der Waals surface area contributed by atoms with Gasteiger partial charge in [-0.25, -0.2) is 0 Å². The summed E-state index contributed by atoms with van der Waals surface area (Å²) in [6.45, 7) is 4.70. The van der Waals surface area contributed by atoms with Crippen molar-refractivity contribution in [2.75, 3.05) is 31.1 Å². The van der Waals surface area contributed by atoms with Gasteiger partial charge in [0.1, 0.15) is 0 Å². The van der Waals surface area contributed by atoms with Crippen LogP contribution in [0.2, 0.25) is 5.02 Å². The Morgan fingerprint density at radius 2 is 1.64 bits per heavy atom. The minimum atomic E-state index is 0.774. The van der Waals surface area contributed by atoms with Crippen LogP contribution in [-0.4, -0.2) is 31.1 Å². The maximum atomic E-state index is 9.18. The van der Waals surface area contributed by atoms with Crippen LogP contribution in [0.25, 0.3) is 0 Å². The Labute approximate surface area is 136 Å². The van der Waals surface area contributed by atoms with Crippen LogP contribution in [-0.2, 0) is 6.54 Å². The molecule has 22 heavy (non-hydrogen) atoms. The molecule has 0 N–H and O–H groups in total. The Balaban J connectivity index is 1.63. The van der Waals surface area contributed by atoms with Gasteiger partial charge in [0.15, 0.2) is 0 Å². The number of hydrogen-bond acceptors (Lipinski definition) is 3. The van der Waals surface area contributed by atoms with E-state index in [0.717, 1.165) is 54.6 Å². The molecule has 112 valence electrons. The fourth-order valence-corrected chi connectivity index (χ4v) is 3.12. The predicted octanol–water partition coefficient (Wildman–Crippen LogP) is 3.53. The molecule has 0 aliphatic carbocycles. The summed E-state index contributed by atoms with van der Waals surface area (Å²) in [7, 11) is 0. The molecule has 0 saturated carbocycles. The second kappa shape index (κ2) is 6.83. The number of benzene rings is 2. The van der Waals surface area contributed by atoms with Crippen LogP contribution in [0.4, 0.5) is 5.69 Å². The fourth-order valence-electron chi connectivity index (χ4n) is 2.86. The molecule has 3 nitrogen and oxygen atoms in total. The summed E-state index contributed by atoms with van der Waals surface area (Å²) in [6.07, 6.45) is 0. The van der Waals surface area contributed by atoms with E-state index >= 15 is 0 Å². The number of rotatable bonds is 3. The number of hydrogen-bond donors (Lipinski definition) is 0. The van der Waals surface area contributed by atoms with E-state index in [-0.39, 0.29) is 0 Å². The summed E-state index contributed by atoms with van der Waals surface area (Å²) < 4.78 is 0. The van der Waals surface area contributed by atoms with Gasteiger partial charge in [0.2, 0.25) is 0 Å². The van der Waals surface area contributed by atoms with Gasteiger partial charge < -0.3 is 4.90 Å². The first-order valence-electron chi connectivity index (χ1n) is 7.48. The summed E-state index contributed by atoms with van der Waals surface area (Å²) in [4.78, 5) is 4.72. The van der Waals surface area contributed by atoms with Crippen LogP contribution in [0, 0.1) is 11.3 Å². The summed E-state index contributed by atoms with van der Waals surface area (Å²) in [5.41, 5.74) is 2.99. The number of para-hydroxylation sites is 1. The molecule has 0 atom stereocenters. The Morgan fingerprint density at radius 3 is 2.36 bits per heavy atom. The lowest BCUT2D eigenvalue weighted by Gasteiger charge is -2.36. The van der Waals surface area contributed by atoms with Crippen LogP contribution < -0.4 is 4.90 Å². The van der Waals surface area contributed by atoms with Crippen molar-refractivity contribution in [3.05, 3.63) is 64.7 Å². The van der Waals surface area contributed by atoms with Crippen LogP contribution in [0.1, 0.15) is 11.1 Å². The van der Waals surface area contributed by atoms with E-state index in [2.05, 4.69) is 21.9 Å². The zero-order valence-corrected chi connectivity index (χ0v) is 13.1. The Kier molecular flexibility index (Phi) is 4.62. The lowest BCUT2D eigenvalue weighted by Crippen LogP contribution is -2.46. The summed E-state index contributed by atoms with van der Waals surface area (Å²) in [6, 6.07) is 18.1. The molecule has 0 bridgehead atoms. The van der Waals surface area contributed by atoms with Gasteiger partial charge in [-0.05, 0) is 23.8 Å². The Bertz CT molecular complexity index is 685. The van der Waals surface area contributed by atoms with Crippen LogP contribution in [0.5, 0.6) is 0 Å². The molecule has 2 aromatic carbocycles. The summed E-state index contributed by atoms with van der Waals surface area (Å²) in [5.74, 6) is 0. The number of halogens is 1. The van der Waals surface area contributed by atoms with Crippen molar-refractivity contribution < 1.29 is 0 Å². The molecule has 0 spiro atoms. The molecule has 0 aromatic heterocycles. The zero-order chi connectivity index (χ0) is 15.4. The molecule has 1 aliphatic heterocycles. The van der Waals surface area contributed by atoms with E-state index in [0.29, 0.717) is 0 Å². The van der Waals surface area contributed by atoms with Gasteiger partial charge in [0.05, 0.1) is 22.3 Å². The molecule has 0 radical (unpaired) electrons. The minimum absolute atomic E-state index is 0.774. The SMILES string of the molecule is N#Cc1ccccc1CN1CCN(c2ccccc2Cl)CC1. The van der Waals surface area contributed by atoms with Gasteiger partial charge >= 0.3 is 0 Å². The molecule has 2 aromatic rings. The van der Waals surface area contributed by atoms with Crippen molar-refractivity contribution in [2.24, 2.45) is 0 Å². The average molecular weight is 312 g/mol. The van der Waals surface area contributed by atoms with E-state index in [1.165, 1.54) is 0 Å². The van der Waals surface area contributed by atoms with Crippen LogP contribution in [0.3, 0.4) is 0 Å². The number of piperazine rings is 1. The van der Waals surface area contributed by atoms with E-state index in [4.69, 9.17) is 11.6 Å². The highest BCUT2D eigenvalue weighted by molar-refractivity contribution is 6.33. The van der Waals surface area contributed by atoms with Crippen LogP contribution >= 0.6 is 11.6 Å². The maximum absolute atomic E-state index is 9.18. The Hall–Kier alpha value is -2.02. The zero-order valence-electron chi connectivity index (χ0n) is 12.4. The van der Waals surface area contributed by atoms with Crippen LogP contribution in [0.15, 0.2) is 48.5 Å². The third-order valence-corrected chi connectivity index (χ3v) is 4.42. The topological polar surface area (TPSA) is 30.3 Å². The fraction of sp³-hybridized carbons (Fsp3) is 0.278. The maximum Gasteiger partial charge on any atom is 0.0995 e. The molecule has 1 aliphatic rings. The quantitative estimate of drug-likeness (QED) is 0.868. The van der Waals surface area contributed by atoms with E-state index in [9.17, 15) is 5.26 Å². The van der Waals surface area contributed by atoms with Gasteiger partial charge in [-0.15, -0.1) is 0 Å². The third-order valence-electron chi connectivity index (χ3n) is 4.10. The van der Waals surface area contributed by atoms with Crippen molar-refractivity contribution in [1.82, 2.24) is 4.90 Å². The largest absolute Gasteiger partial charge is 0.368 e. The smallest absolute Gasteiger partial charge is 0.0995 e. The second-order valence-corrected chi connectivity index (χ2v) is 5.89. The first kappa shape index (κ1) is 14.9. The lowest BCUT2D eigenvalue weighted by molar-refractivity contribution is 0.249. The highest BCUT2D eigenvalue weighted by Gasteiger charge is 2.19. The monoisotopic (exact) mass is 311 g/mol. The van der Waals surface area contributed by atoms with Gasteiger partial charge in [-0.3, -0.25) is 4.90 Å². The first-order chi connectivity index (χ1) is 10.8. The number of anilines is 1. The molecule has 0 amide bonds. The standard InChI is InChI=1S/C18H18ClN3/c19-17-7-3-4-8-18(17)22-11-9-21(10-12-22)14-16-6-2-1-5-15(16)13-20/h1-8H,9-12,14H2. The number of nitrogens with zero attached hydrogens (tertiary/aromatic N) is 3. The molecule has 1 saturated heterocycles. The van der Waals surface area contributed by atoms with Gasteiger partial charge in [-0.1, -0.05) is 41.9 Å². The van der Waals surface area contributed by atoms with E-state index < -0.39 is 0 Å². The van der Waals surface area contributed by atoms with Crippen molar-refractivity contribution in [2.45, 2.75) is 6.54 Å².